The zero-order chi connectivity index (χ0) is 13.6. The molecule has 0 spiro atoms. The lowest BCUT2D eigenvalue weighted by atomic mass is 9.83. The fourth-order valence-corrected chi connectivity index (χ4v) is 3.10. The number of ether oxygens (including phenoxy) is 1. The quantitative estimate of drug-likeness (QED) is 0.333. The summed E-state index contributed by atoms with van der Waals surface area (Å²) in [5, 5.41) is 3.20. The van der Waals surface area contributed by atoms with Gasteiger partial charge in [0.2, 0.25) is 0 Å². The molecule has 0 radical (unpaired) electrons. The van der Waals surface area contributed by atoms with Crippen molar-refractivity contribution >= 4 is 29.9 Å². The van der Waals surface area contributed by atoms with Crippen molar-refractivity contribution in [2.75, 3.05) is 19.7 Å². The SMILES string of the molecule is CC1(CN=C(N)NCC2CCCO2)CCCCCC1.I. The van der Waals surface area contributed by atoms with Gasteiger partial charge in [0, 0.05) is 19.7 Å². The van der Waals surface area contributed by atoms with E-state index in [9.17, 15) is 0 Å². The third-order valence-electron chi connectivity index (χ3n) is 4.48. The van der Waals surface area contributed by atoms with Crippen molar-refractivity contribution in [3.63, 3.8) is 0 Å². The van der Waals surface area contributed by atoms with Crippen molar-refractivity contribution < 1.29 is 4.74 Å². The van der Waals surface area contributed by atoms with Crippen LogP contribution >= 0.6 is 24.0 Å². The lowest BCUT2D eigenvalue weighted by Crippen LogP contribution is -2.38. The van der Waals surface area contributed by atoms with Crippen LogP contribution in [-0.2, 0) is 4.74 Å². The Kier molecular flexibility index (Phi) is 8.17. The van der Waals surface area contributed by atoms with Crippen LogP contribution in [0.5, 0.6) is 0 Å². The van der Waals surface area contributed by atoms with Gasteiger partial charge in [0.15, 0.2) is 5.96 Å². The van der Waals surface area contributed by atoms with Crippen molar-refractivity contribution in [2.45, 2.75) is 64.4 Å². The van der Waals surface area contributed by atoms with Crippen LogP contribution < -0.4 is 11.1 Å². The Morgan fingerprint density at radius 2 is 1.95 bits per heavy atom. The highest BCUT2D eigenvalue weighted by Crippen LogP contribution is 2.34. The molecular formula is C15H30IN3O. The Labute approximate surface area is 140 Å². The van der Waals surface area contributed by atoms with Crippen molar-refractivity contribution in [3.05, 3.63) is 0 Å². The predicted octanol–water partition coefficient (Wildman–Crippen LogP) is 3.05. The lowest BCUT2D eigenvalue weighted by molar-refractivity contribution is 0.114. The molecule has 3 N–H and O–H groups in total. The van der Waals surface area contributed by atoms with Crippen LogP contribution in [0.15, 0.2) is 4.99 Å². The van der Waals surface area contributed by atoms with Gasteiger partial charge in [-0.15, -0.1) is 24.0 Å². The number of rotatable bonds is 4. The summed E-state index contributed by atoms with van der Waals surface area (Å²) in [6.45, 7) is 4.90. The minimum absolute atomic E-state index is 0. The monoisotopic (exact) mass is 395 g/mol. The van der Waals surface area contributed by atoms with E-state index < -0.39 is 0 Å². The minimum Gasteiger partial charge on any atom is -0.376 e. The van der Waals surface area contributed by atoms with Crippen molar-refractivity contribution in [2.24, 2.45) is 16.1 Å². The van der Waals surface area contributed by atoms with Crippen molar-refractivity contribution in [1.29, 1.82) is 0 Å². The third kappa shape index (κ3) is 6.16. The molecule has 1 saturated carbocycles. The Morgan fingerprint density at radius 3 is 2.55 bits per heavy atom. The van der Waals surface area contributed by atoms with Crippen LogP contribution in [0.4, 0.5) is 0 Å². The molecule has 2 rings (SSSR count). The van der Waals surface area contributed by atoms with Crippen LogP contribution in [0, 0.1) is 5.41 Å². The molecule has 20 heavy (non-hydrogen) atoms. The molecule has 1 aliphatic carbocycles. The van der Waals surface area contributed by atoms with Crippen LogP contribution in [0.3, 0.4) is 0 Å². The van der Waals surface area contributed by atoms with Gasteiger partial charge in [-0.05, 0) is 31.1 Å². The van der Waals surface area contributed by atoms with E-state index in [2.05, 4.69) is 17.2 Å². The smallest absolute Gasteiger partial charge is 0.188 e. The lowest BCUT2D eigenvalue weighted by Gasteiger charge is -2.26. The molecule has 1 heterocycles. The maximum Gasteiger partial charge on any atom is 0.188 e. The maximum atomic E-state index is 5.95. The van der Waals surface area contributed by atoms with E-state index in [-0.39, 0.29) is 24.0 Å². The molecule has 0 aromatic rings. The summed E-state index contributed by atoms with van der Waals surface area (Å²) in [5.74, 6) is 0.584. The van der Waals surface area contributed by atoms with Gasteiger partial charge in [0.05, 0.1) is 6.10 Å². The number of aliphatic imine (C=N–C) groups is 1. The van der Waals surface area contributed by atoms with E-state index in [1.54, 1.807) is 0 Å². The van der Waals surface area contributed by atoms with E-state index in [0.717, 1.165) is 26.1 Å². The standard InChI is InChI=1S/C15H29N3O.HI/c1-15(8-4-2-3-5-9-15)12-18-14(16)17-11-13-7-6-10-19-13;/h13H,2-12H2,1H3,(H3,16,17,18);1H. The van der Waals surface area contributed by atoms with E-state index in [1.165, 1.54) is 44.9 Å². The van der Waals surface area contributed by atoms with Crippen LogP contribution in [0.25, 0.3) is 0 Å². The maximum absolute atomic E-state index is 5.95. The first-order chi connectivity index (χ1) is 9.18. The summed E-state index contributed by atoms with van der Waals surface area (Å²) in [5.41, 5.74) is 6.30. The zero-order valence-electron chi connectivity index (χ0n) is 12.7. The molecule has 0 aromatic heterocycles. The summed E-state index contributed by atoms with van der Waals surface area (Å²) in [7, 11) is 0. The Morgan fingerprint density at radius 1 is 1.25 bits per heavy atom. The Balaban J connectivity index is 0.00000200. The number of nitrogens with two attached hydrogens (primary N) is 1. The normalized spacial score (nSPS) is 26.6. The molecule has 4 nitrogen and oxygen atoms in total. The van der Waals surface area contributed by atoms with Crippen LogP contribution in [0.1, 0.15) is 58.3 Å². The highest BCUT2D eigenvalue weighted by atomic mass is 127. The van der Waals surface area contributed by atoms with Gasteiger partial charge in [-0.1, -0.05) is 32.6 Å². The van der Waals surface area contributed by atoms with E-state index in [4.69, 9.17) is 10.5 Å². The van der Waals surface area contributed by atoms with Gasteiger partial charge in [0.1, 0.15) is 0 Å². The molecule has 1 atom stereocenters. The van der Waals surface area contributed by atoms with E-state index in [0.29, 0.717) is 17.5 Å². The average Bonchev–Trinajstić information content (AvgIpc) is 2.83. The summed E-state index contributed by atoms with van der Waals surface area (Å²) in [6, 6.07) is 0. The van der Waals surface area contributed by atoms with Gasteiger partial charge < -0.3 is 15.8 Å². The topological polar surface area (TPSA) is 59.6 Å². The average molecular weight is 395 g/mol. The second-order valence-electron chi connectivity index (χ2n) is 6.44. The predicted molar refractivity (Wildman–Crippen MR) is 94.7 cm³/mol. The van der Waals surface area contributed by atoms with Gasteiger partial charge in [-0.2, -0.15) is 0 Å². The van der Waals surface area contributed by atoms with Crippen molar-refractivity contribution in [1.82, 2.24) is 5.32 Å². The highest BCUT2D eigenvalue weighted by molar-refractivity contribution is 14.0. The number of halogens is 1. The Bertz CT molecular complexity index is 295. The second kappa shape index (κ2) is 9.07. The number of hydrogen-bond donors (Lipinski definition) is 2. The molecule has 0 amide bonds. The van der Waals surface area contributed by atoms with Gasteiger partial charge in [-0.3, -0.25) is 4.99 Å². The largest absolute Gasteiger partial charge is 0.376 e. The molecule has 0 aromatic carbocycles. The number of nitrogens with zero attached hydrogens (tertiary/aromatic N) is 1. The van der Waals surface area contributed by atoms with E-state index in [1.807, 2.05) is 0 Å². The molecule has 1 saturated heterocycles. The van der Waals surface area contributed by atoms with Gasteiger partial charge >= 0.3 is 0 Å². The van der Waals surface area contributed by atoms with Gasteiger partial charge in [-0.25, -0.2) is 0 Å². The third-order valence-corrected chi connectivity index (χ3v) is 4.48. The first-order valence-corrected chi connectivity index (χ1v) is 7.83. The fourth-order valence-electron chi connectivity index (χ4n) is 3.10. The molecule has 1 unspecified atom stereocenters. The second-order valence-corrected chi connectivity index (χ2v) is 6.44. The molecule has 118 valence electrons. The summed E-state index contributed by atoms with van der Waals surface area (Å²) < 4.78 is 5.56. The highest BCUT2D eigenvalue weighted by Gasteiger charge is 2.25. The van der Waals surface area contributed by atoms with Crippen LogP contribution in [-0.4, -0.2) is 31.8 Å². The first-order valence-electron chi connectivity index (χ1n) is 7.83. The van der Waals surface area contributed by atoms with Crippen molar-refractivity contribution in [3.8, 4) is 0 Å². The molecular weight excluding hydrogens is 365 g/mol. The number of hydrogen-bond acceptors (Lipinski definition) is 2. The molecule has 2 fully saturated rings. The van der Waals surface area contributed by atoms with Crippen LogP contribution in [0.2, 0.25) is 0 Å². The Hall–Kier alpha value is -0.0400. The first kappa shape index (κ1) is 18.0. The molecule has 0 bridgehead atoms. The van der Waals surface area contributed by atoms with E-state index >= 15 is 0 Å². The zero-order valence-corrected chi connectivity index (χ0v) is 15.0. The number of guanidine groups is 1. The number of nitrogens with one attached hydrogen (secondary N) is 1. The minimum atomic E-state index is 0. The summed E-state index contributed by atoms with van der Waals surface area (Å²) in [4.78, 5) is 4.55. The van der Waals surface area contributed by atoms with Gasteiger partial charge in [0.25, 0.3) is 0 Å². The fraction of sp³-hybridized carbons (Fsp3) is 0.933. The summed E-state index contributed by atoms with van der Waals surface area (Å²) >= 11 is 0. The summed E-state index contributed by atoms with van der Waals surface area (Å²) in [6.07, 6.45) is 10.6. The molecule has 2 aliphatic rings. The molecule has 5 heteroatoms. The molecule has 1 aliphatic heterocycles.